The molecule has 8 heteroatoms. The van der Waals surface area contributed by atoms with Gasteiger partial charge in [-0.15, -0.1) is 22.0 Å². The molecule has 0 aliphatic heterocycles. The third kappa shape index (κ3) is 5.45. The van der Waals surface area contributed by atoms with Gasteiger partial charge in [-0.25, -0.2) is 4.79 Å². The summed E-state index contributed by atoms with van der Waals surface area (Å²) in [5, 5.41) is 15.4. The first-order valence-electron chi connectivity index (χ1n) is 7.44. The number of hydrogen-bond donors (Lipinski definition) is 2. The van der Waals surface area contributed by atoms with Gasteiger partial charge in [0.2, 0.25) is 5.13 Å². The third-order valence-corrected chi connectivity index (χ3v) is 5.43. The summed E-state index contributed by atoms with van der Waals surface area (Å²) in [5.41, 5.74) is 1.85. The second-order valence-electron chi connectivity index (χ2n) is 5.19. The predicted molar refractivity (Wildman–Crippen MR) is 105 cm³/mol. The van der Waals surface area contributed by atoms with Crippen molar-refractivity contribution in [3.63, 3.8) is 0 Å². The highest BCUT2D eigenvalue weighted by molar-refractivity contribution is 7.98. The number of amides is 2. The van der Waals surface area contributed by atoms with E-state index in [2.05, 4.69) is 52.0 Å². The quantitative estimate of drug-likeness (QED) is 0.569. The number of thioether (sulfide) groups is 1. The minimum atomic E-state index is -0.379. The van der Waals surface area contributed by atoms with Crippen LogP contribution in [0.1, 0.15) is 10.6 Å². The van der Waals surface area contributed by atoms with Gasteiger partial charge in [-0.1, -0.05) is 46.7 Å². The predicted octanol–water partition coefficient (Wildman–Crippen LogP) is 5.44. The van der Waals surface area contributed by atoms with Crippen LogP contribution in [-0.2, 0) is 5.75 Å². The Labute approximate surface area is 158 Å². The summed E-state index contributed by atoms with van der Waals surface area (Å²) in [6.07, 6.45) is 0. The molecule has 0 aliphatic carbocycles. The minimum Gasteiger partial charge on any atom is -0.308 e. The Morgan fingerprint density at radius 2 is 1.96 bits per heavy atom. The summed E-state index contributed by atoms with van der Waals surface area (Å²) >= 11 is 8.93. The van der Waals surface area contributed by atoms with E-state index in [9.17, 15) is 4.79 Å². The molecule has 0 atom stereocenters. The van der Waals surface area contributed by atoms with E-state index in [0.717, 1.165) is 5.01 Å². The molecule has 0 saturated carbocycles. The van der Waals surface area contributed by atoms with Crippen LogP contribution >= 0.6 is 34.7 Å². The Morgan fingerprint density at radius 3 is 2.72 bits per heavy atom. The van der Waals surface area contributed by atoms with Gasteiger partial charge < -0.3 is 5.32 Å². The van der Waals surface area contributed by atoms with Crippen LogP contribution in [0.2, 0.25) is 5.02 Å². The lowest BCUT2D eigenvalue weighted by Gasteiger charge is -2.04. The summed E-state index contributed by atoms with van der Waals surface area (Å²) in [4.78, 5) is 13.2. The number of nitrogens with one attached hydrogen (secondary N) is 2. The van der Waals surface area contributed by atoms with Gasteiger partial charge >= 0.3 is 6.03 Å². The second kappa shape index (κ2) is 8.33. The number of aryl methyl sites for hydroxylation is 1. The Morgan fingerprint density at radius 1 is 1.16 bits per heavy atom. The molecular weight excluding hydrogens is 376 g/mol. The molecule has 0 spiro atoms. The van der Waals surface area contributed by atoms with E-state index in [-0.39, 0.29) is 6.03 Å². The number of nitrogens with zero attached hydrogens (tertiary/aromatic N) is 2. The van der Waals surface area contributed by atoms with Crippen LogP contribution in [0.25, 0.3) is 0 Å². The van der Waals surface area contributed by atoms with Gasteiger partial charge in [0.1, 0.15) is 5.01 Å². The molecule has 2 amide bonds. The Hall–Kier alpha value is -2.09. The molecule has 0 saturated heterocycles. The fourth-order valence-electron chi connectivity index (χ4n) is 1.97. The normalized spacial score (nSPS) is 10.5. The van der Waals surface area contributed by atoms with Crippen molar-refractivity contribution in [2.75, 3.05) is 10.6 Å². The van der Waals surface area contributed by atoms with Crippen LogP contribution in [0.5, 0.6) is 0 Å². The van der Waals surface area contributed by atoms with Crippen molar-refractivity contribution in [3.05, 3.63) is 64.1 Å². The van der Waals surface area contributed by atoms with Crippen molar-refractivity contribution in [1.82, 2.24) is 10.2 Å². The van der Waals surface area contributed by atoms with E-state index in [1.54, 1.807) is 36.0 Å². The van der Waals surface area contributed by atoms with Crippen LogP contribution < -0.4 is 10.6 Å². The van der Waals surface area contributed by atoms with Gasteiger partial charge in [-0.05, 0) is 37.3 Å². The number of aromatic nitrogens is 2. The van der Waals surface area contributed by atoms with Crippen molar-refractivity contribution in [1.29, 1.82) is 0 Å². The molecule has 25 heavy (non-hydrogen) atoms. The largest absolute Gasteiger partial charge is 0.325 e. The monoisotopic (exact) mass is 390 g/mol. The fraction of sp³-hybridized carbons (Fsp3) is 0.118. The molecule has 0 unspecified atom stereocenters. The molecule has 2 aromatic carbocycles. The van der Waals surface area contributed by atoms with E-state index >= 15 is 0 Å². The van der Waals surface area contributed by atoms with Crippen molar-refractivity contribution in [2.24, 2.45) is 0 Å². The van der Waals surface area contributed by atoms with Crippen LogP contribution in [0, 0.1) is 6.92 Å². The van der Waals surface area contributed by atoms with Crippen LogP contribution in [0.15, 0.2) is 53.4 Å². The number of carbonyl (C=O) groups excluding carboxylic acids is 1. The molecule has 1 aromatic heterocycles. The lowest BCUT2D eigenvalue weighted by molar-refractivity contribution is 0.262. The number of hydrogen-bond acceptors (Lipinski definition) is 5. The van der Waals surface area contributed by atoms with Crippen LogP contribution in [0.4, 0.5) is 15.6 Å². The molecule has 3 rings (SSSR count). The highest BCUT2D eigenvalue weighted by atomic mass is 35.5. The lowest BCUT2D eigenvalue weighted by Crippen LogP contribution is -2.19. The Balaban J connectivity index is 1.52. The highest BCUT2D eigenvalue weighted by Crippen LogP contribution is 2.26. The first-order chi connectivity index (χ1) is 12.1. The number of anilines is 2. The summed E-state index contributed by atoms with van der Waals surface area (Å²) in [5.74, 6) is 0.707. The first-order valence-corrected chi connectivity index (χ1v) is 9.62. The SMILES string of the molecule is Cc1ccc(SCc2nnc(NC(=O)Nc3cccc(Cl)c3)s2)cc1. The molecule has 2 N–H and O–H groups in total. The Kier molecular flexibility index (Phi) is 5.91. The standard InChI is InChI=1S/C17H15ClN4OS2/c1-11-5-7-14(8-6-11)24-10-15-21-22-17(25-15)20-16(23)19-13-4-2-3-12(18)9-13/h2-9H,10H2,1H3,(H2,19,20,22,23). The van der Waals surface area contributed by atoms with E-state index in [4.69, 9.17) is 11.6 Å². The van der Waals surface area contributed by atoms with Gasteiger partial charge in [-0.2, -0.15) is 0 Å². The summed E-state index contributed by atoms with van der Waals surface area (Å²) in [7, 11) is 0. The van der Waals surface area contributed by atoms with Crippen LogP contribution in [0.3, 0.4) is 0 Å². The molecular formula is C17H15ClN4OS2. The third-order valence-electron chi connectivity index (χ3n) is 3.15. The molecule has 3 aromatic rings. The maximum absolute atomic E-state index is 12.0. The minimum absolute atomic E-state index is 0.379. The maximum atomic E-state index is 12.0. The number of rotatable bonds is 5. The van der Waals surface area contributed by atoms with Gasteiger partial charge in [0, 0.05) is 15.6 Å². The number of carbonyl (C=O) groups is 1. The van der Waals surface area contributed by atoms with Gasteiger partial charge in [-0.3, -0.25) is 5.32 Å². The molecule has 128 valence electrons. The Bertz CT molecular complexity index is 867. The van der Waals surface area contributed by atoms with Gasteiger partial charge in [0.25, 0.3) is 0 Å². The highest BCUT2D eigenvalue weighted by Gasteiger charge is 2.09. The van der Waals surface area contributed by atoms with Crippen molar-refractivity contribution in [2.45, 2.75) is 17.6 Å². The van der Waals surface area contributed by atoms with E-state index in [1.165, 1.54) is 21.8 Å². The van der Waals surface area contributed by atoms with E-state index < -0.39 is 0 Å². The molecule has 0 bridgehead atoms. The lowest BCUT2D eigenvalue weighted by atomic mass is 10.2. The van der Waals surface area contributed by atoms with Crippen LogP contribution in [-0.4, -0.2) is 16.2 Å². The molecule has 0 radical (unpaired) electrons. The first kappa shape index (κ1) is 17.7. The molecule has 5 nitrogen and oxygen atoms in total. The van der Waals surface area contributed by atoms with E-state index in [0.29, 0.717) is 21.6 Å². The summed E-state index contributed by atoms with van der Waals surface area (Å²) < 4.78 is 0. The maximum Gasteiger partial charge on any atom is 0.325 e. The van der Waals surface area contributed by atoms with E-state index in [1.807, 2.05) is 0 Å². The summed E-state index contributed by atoms with van der Waals surface area (Å²) in [6.45, 7) is 2.06. The average molecular weight is 391 g/mol. The zero-order valence-corrected chi connectivity index (χ0v) is 15.7. The number of halogens is 1. The van der Waals surface area contributed by atoms with Gasteiger partial charge in [0.05, 0.1) is 5.75 Å². The summed E-state index contributed by atoms with van der Waals surface area (Å²) in [6, 6.07) is 14.9. The number of benzene rings is 2. The topological polar surface area (TPSA) is 66.9 Å². The molecule has 0 aliphatic rings. The van der Waals surface area contributed by atoms with Crippen molar-refractivity contribution in [3.8, 4) is 0 Å². The van der Waals surface area contributed by atoms with Gasteiger partial charge in [0.15, 0.2) is 0 Å². The smallest absolute Gasteiger partial charge is 0.308 e. The second-order valence-corrected chi connectivity index (χ2v) is 7.74. The van der Waals surface area contributed by atoms with Crippen molar-refractivity contribution < 1.29 is 4.79 Å². The zero-order valence-electron chi connectivity index (χ0n) is 13.3. The fourth-order valence-corrected chi connectivity index (χ4v) is 3.78. The number of urea groups is 1. The zero-order chi connectivity index (χ0) is 17.6. The average Bonchev–Trinajstić information content (AvgIpc) is 3.01. The van der Waals surface area contributed by atoms with Crippen molar-refractivity contribution >= 4 is 51.5 Å². The molecule has 1 heterocycles. The molecule has 0 fully saturated rings.